The van der Waals surface area contributed by atoms with E-state index in [1.165, 1.54) is 216 Å². The Balaban J connectivity index is 0. The van der Waals surface area contributed by atoms with Crippen molar-refractivity contribution in [2.24, 2.45) is 40.4 Å². The first-order valence-electron chi connectivity index (χ1n) is 39.1. The second-order valence-electron chi connectivity index (χ2n) is 27.6. The van der Waals surface area contributed by atoms with E-state index in [2.05, 4.69) is 41.9 Å². The molecule has 7 aliphatic rings. The van der Waals surface area contributed by atoms with E-state index in [-0.39, 0.29) is 109 Å². The number of alkyl halides is 3. The molecule has 1 unspecified atom stereocenters. The molecule has 0 bridgehead atoms. The molecule has 5 aromatic carbocycles. The Morgan fingerprint density at radius 1 is 0.523 bits per heavy atom. The van der Waals surface area contributed by atoms with Gasteiger partial charge in [-0.2, -0.15) is 0 Å². The summed E-state index contributed by atoms with van der Waals surface area (Å²) in [5, 5.41) is 23.5. The van der Waals surface area contributed by atoms with E-state index >= 15 is 0 Å². The van der Waals surface area contributed by atoms with Crippen molar-refractivity contribution in [2.75, 3.05) is 83.8 Å². The number of azide groups is 1. The number of halogens is 3. The predicted octanol–water partition coefficient (Wildman–Crippen LogP) is 15.4. The van der Waals surface area contributed by atoms with Gasteiger partial charge in [0.15, 0.2) is 40.5 Å². The van der Waals surface area contributed by atoms with E-state index in [9.17, 15) is 28.7 Å². The Morgan fingerprint density at radius 2 is 0.826 bits per heavy atom. The van der Waals surface area contributed by atoms with Crippen LogP contribution in [0.4, 0.5) is 4.39 Å². The van der Waals surface area contributed by atoms with Crippen LogP contribution in [0.1, 0.15) is 256 Å². The number of carbonyl (C=O) groups excluding carboxylic acids is 4. The zero-order valence-corrected chi connectivity index (χ0v) is 70.3. The fourth-order valence-electron chi connectivity index (χ4n) is 12.9. The molecule has 5 saturated carbocycles. The van der Waals surface area contributed by atoms with Crippen LogP contribution in [-0.4, -0.2) is 134 Å². The summed E-state index contributed by atoms with van der Waals surface area (Å²) >= 11 is 6.70. The molecule has 25 heteroatoms. The SMILES string of the molecule is BrCC1CCCCC1.C1CCOC1.C1CCOC1.CC(=O)c1cccc(O)c1.CC(=O)c1cccc(OCC2CCCCC2)c1.NCC(O)c1cccc(OCC2CCCCC2)c1.O=C(CBr)c1cccc(OCC2CCCCC2)c1.[2H]CF.[AlH3].[H-].[Li+].[N-]=[N+]=NCC(=O)c1cccc(OCC2CCCCC2)c1.[N-]=[N+]=[N-].[Na+]. The van der Waals surface area contributed by atoms with Crippen LogP contribution in [-0.2, 0) is 9.47 Å². The Morgan fingerprint density at radius 3 is 1.11 bits per heavy atom. The topological polar surface area (TPSA) is 298 Å². The average Bonchev–Trinajstić information content (AvgIpc) is 1.44. The van der Waals surface area contributed by atoms with Gasteiger partial charge in [0, 0.05) is 65.5 Å². The molecule has 5 aliphatic carbocycles. The molecular weight excluding hydrogens is 1530 g/mol. The van der Waals surface area contributed by atoms with Crippen LogP contribution in [0.3, 0.4) is 0 Å². The zero-order valence-electron chi connectivity index (χ0n) is 67.1. The van der Waals surface area contributed by atoms with Gasteiger partial charge < -0.3 is 56.9 Å². The van der Waals surface area contributed by atoms with Crippen LogP contribution in [0.25, 0.3) is 26.4 Å². The summed E-state index contributed by atoms with van der Waals surface area (Å²) < 4.78 is 48.6. The smallest absolute Gasteiger partial charge is 1.00 e. The van der Waals surface area contributed by atoms with Crippen molar-refractivity contribution in [1.29, 1.82) is 0 Å². The van der Waals surface area contributed by atoms with Gasteiger partial charge in [-0.1, -0.05) is 194 Å². The molecule has 0 spiro atoms. The second-order valence-corrected chi connectivity index (χ2v) is 28.8. The first-order chi connectivity index (χ1) is 52.1. The van der Waals surface area contributed by atoms with Crippen molar-refractivity contribution >= 4 is 72.4 Å². The first kappa shape index (κ1) is 102. The third-order valence-electron chi connectivity index (χ3n) is 19.1. The van der Waals surface area contributed by atoms with Gasteiger partial charge in [-0.05, 0) is 205 Å². The number of carbonyl (C=O) groups is 4. The summed E-state index contributed by atoms with van der Waals surface area (Å²) in [6.45, 7) is 10.2. The number of benzene rings is 5. The van der Waals surface area contributed by atoms with Gasteiger partial charge in [0.05, 0.1) is 52.9 Å². The number of Topliss-reactive ketones (excluding diaryl/α,β-unsaturated/α-hetero) is 4. The largest absolute Gasteiger partial charge is 1.00 e. The Bertz CT molecular complexity index is 3260. The third kappa shape index (κ3) is 50.2. The third-order valence-corrected chi connectivity index (χ3v) is 20.5. The maximum atomic E-state index is 11.7. The first-order valence-corrected chi connectivity index (χ1v) is 40.6. The number of aliphatic hydroxyl groups excluding tert-OH is 1. The van der Waals surface area contributed by atoms with Crippen LogP contribution < -0.4 is 73.1 Å². The number of nitrogens with two attached hydrogens (primary N) is 1. The predicted molar refractivity (Wildman–Crippen MR) is 441 cm³/mol. The number of aromatic hydroxyl groups is 1. The average molecular weight is 1660 g/mol. The maximum absolute atomic E-state index is 11.7. The van der Waals surface area contributed by atoms with E-state index in [0.29, 0.717) is 58.0 Å². The quantitative estimate of drug-likeness (QED) is 0.0145. The normalized spacial score (nSPS) is 16.3. The molecule has 5 aromatic rings. The van der Waals surface area contributed by atoms with Crippen LogP contribution in [0.5, 0.6) is 28.7 Å². The Hall–Kier alpha value is -4.74. The van der Waals surface area contributed by atoms with Crippen LogP contribution in [0, 0.1) is 29.6 Å². The number of ether oxygens (including phenoxy) is 6. The molecule has 0 aromatic heterocycles. The summed E-state index contributed by atoms with van der Waals surface area (Å²) in [5.74, 6) is 7.00. The minimum atomic E-state index is -1.00. The fraction of sp³-hybridized carbons (Fsp3) is 0.595. The molecule has 2 heterocycles. The van der Waals surface area contributed by atoms with Crippen LogP contribution in [0.15, 0.2) is 126 Å². The monoisotopic (exact) mass is 1660 g/mol. The summed E-state index contributed by atoms with van der Waals surface area (Å²) in [4.78, 5) is 49.3. The number of phenolic OH excluding ortho intramolecular Hbond substituents is 1. The van der Waals surface area contributed by atoms with Crippen molar-refractivity contribution in [3.05, 3.63) is 176 Å². The Kier molecular flexibility index (Phi) is 64.6. The van der Waals surface area contributed by atoms with Crippen molar-refractivity contribution in [3.8, 4) is 28.7 Å². The molecule has 2 saturated heterocycles. The molecule has 19 nitrogen and oxygen atoms in total. The summed E-state index contributed by atoms with van der Waals surface area (Å²) in [5.41, 5.74) is 30.5. The number of phenols is 1. The van der Waals surface area contributed by atoms with E-state index in [4.69, 9.17) is 57.2 Å². The summed E-state index contributed by atoms with van der Waals surface area (Å²) in [6, 6.07) is 35.9. The van der Waals surface area contributed by atoms with Crippen molar-refractivity contribution in [2.45, 2.75) is 206 Å². The Labute approximate surface area is 714 Å². The molecule has 1 atom stereocenters. The van der Waals surface area contributed by atoms with Crippen molar-refractivity contribution < 1.29 is 113 Å². The second kappa shape index (κ2) is 68.8. The number of rotatable bonds is 22. The van der Waals surface area contributed by atoms with Gasteiger partial charge in [-0.3, -0.25) is 28.5 Å². The molecular formula is C84H125AlBr2FLiN7NaO12. The number of hydrogen-bond donors (Lipinski definition) is 3. The van der Waals surface area contributed by atoms with Gasteiger partial charge in [0.2, 0.25) is 0 Å². The van der Waals surface area contributed by atoms with Gasteiger partial charge in [-0.15, -0.1) is 0 Å². The van der Waals surface area contributed by atoms with Gasteiger partial charge in [0.25, 0.3) is 0 Å². The molecule has 2 aliphatic heterocycles. The number of nitrogens with zero attached hydrogens (tertiary/aromatic N) is 6. The maximum Gasteiger partial charge on any atom is 1.00 e. The molecule has 0 amide bonds. The van der Waals surface area contributed by atoms with Gasteiger partial charge >= 0.3 is 48.4 Å². The van der Waals surface area contributed by atoms with Crippen LogP contribution >= 0.6 is 31.9 Å². The molecule has 4 N–H and O–H groups in total. The van der Waals surface area contributed by atoms with Crippen molar-refractivity contribution in [1.82, 2.24) is 0 Å². The van der Waals surface area contributed by atoms with E-state index in [1.54, 1.807) is 37.3 Å². The summed E-state index contributed by atoms with van der Waals surface area (Å²) in [6.07, 6.45) is 38.0. The molecule has 0 radical (unpaired) electrons. The molecule has 7 fully saturated rings. The number of aliphatic hydroxyl groups is 1. The van der Waals surface area contributed by atoms with E-state index in [0.717, 1.165) is 80.5 Å². The fourth-order valence-corrected chi connectivity index (χ4v) is 13.9. The summed E-state index contributed by atoms with van der Waals surface area (Å²) in [7, 11) is -1.00. The molecule has 109 heavy (non-hydrogen) atoms. The van der Waals surface area contributed by atoms with E-state index in [1.807, 2.05) is 78.9 Å². The van der Waals surface area contributed by atoms with E-state index < -0.39 is 13.3 Å². The van der Waals surface area contributed by atoms with Gasteiger partial charge in [0.1, 0.15) is 28.7 Å². The van der Waals surface area contributed by atoms with Crippen LogP contribution in [0.2, 0.25) is 0 Å². The number of hydrogen-bond acceptors (Lipinski definition) is 14. The van der Waals surface area contributed by atoms with Gasteiger partial charge in [-0.25, -0.2) is 0 Å². The number of ketones is 4. The minimum Gasteiger partial charge on any atom is -1.00 e. The molecule has 594 valence electrons. The zero-order chi connectivity index (χ0) is 77.8. The standard InChI is InChI=1S/C15H19BrO2.C15H19N3O2.C15H23NO2.C15H20O2.C8H8O2.C7H13Br.2C4H8O.CH3F.Al.Li.N3.Na.4H/c16-10-15(17)13-7-4-8-14(9-13)18-11-12-5-2-1-3-6-12;16-18-17-10-15(19)13-7-4-8-14(9-13)20-11-12-5-2-1-3-6-12;16-10-15(17)13-7-4-8-14(9-13)18-11-12-5-2-1-3-6-12;1-12(16)14-8-5-9-15(10-14)17-11-13-6-3-2-4-7-13;1-6(9)7-3-2-4-8(10)5-7;8-6-7-4-2-1-3-5-7;2*1-2-4-5-3-1;1-2;;;1-3-2;;;;;/h4,7-9,12H,1-3,5-6,10-11H2;4,7-9,12H,1-3,5-6,10-11H2;4,7-9,12,15,17H,1-3,5-6,10-11,16H2;5,8-10,13H,2-4,6-7,11H2,1H3;2-5,10H,1H3;7H,1-6H2;2*1-4H2;1H3;;;;;;;;/q;;;;;;;;;;+1;-1;+1;;;;-1/i;;;;;;;;1D;;;;;;;;. The minimum absolute atomic E-state index is 0. The van der Waals surface area contributed by atoms with Crippen molar-refractivity contribution in [3.63, 3.8) is 0 Å². The molecule has 12 rings (SSSR count).